The van der Waals surface area contributed by atoms with Gasteiger partial charge in [-0.2, -0.15) is 0 Å². The van der Waals surface area contributed by atoms with E-state index in [1.807, 2.05) is 66.1 Å². The summed E-state index contributed by atoms with van der Waals surface area (Å²) in [4.78, 5) is 5.47. The summed E-state index contributed by atoms with van der Waals surface area (Å²) < 4.78 is 18.8. The van der Waals surface area contributed by atoms with Gasteiger partial charge in [-0.25, -0.2) is 9.38 Å². The first-order chi connectivity index (χ1) is 12.3. The second kappa shape index (κ2) is 8.85. The number of benzene rings is 3. The van der Waals surface area contributed by atoms with Gasteiger partial charge in [0.25, 0.3) is 0 Å². The quantitative estimate of drug-likeness (QED) is 0.309. The van der Waals surface area contributed by atoms with Crippen molar-refractivity contribution in [2.24, 2.45) is 4.99 Å². The van der Waals surface area contributed by atoms with E-state index >= 15 is 0 Å². The number of rotatable bonds is 5. The summed E-state index contributed by atoms with van der Waals surface area (Å²) in [7, 11) is 0. The Morgan fingerprint density at radius 3 is 2.16 bits per heavy atom. The summed E-state index contributed by atoms with van der Waals surface area (Å²) in [5.74, 6) is 0.952. The van der Waals surface area contributed by atoms with Crippen LogP contribution in [0.3, 0.4) is 0 Å². The van der Waals surface area contributed by atoms with E-state index in [0.29, 0.717) is 11.6 Å². The van der Waals surface area contributed by atoms with E-state index < -0.39 is 0 Å². The summed E-state index contributed by atoms with van der Waals surface area (Å²) in [6.07, 6.45) is 1.80. The number of halogens is 1. The predicted molar refractivity (Wildman–Crippen MR) is 102 cm³/mol. The van der Waals surface area contributed by atoms with Crippen LogP contribution < -0.4 is 4.74 Å². The Hall–Kier alpha value is -2.85. The molecule has 0 unspecified atom stereocenters. The highest BCUT2D eigenvalue weighted by atomic mass is 32.2. The molecular weight excluding hydrogens is 333 g/mol. The van der Waals surface area contributed by atoms with Crippen molar-refractivity contribution in [3.63, 3.8) is 0 Å². The van der Waals surface area contributed by atoms with Gasteiger partial charge in [-0.1, -0.05) is 48.2 Å². The van der Waals surface area contributed by atoms with Gasteiger partial charge in [0.2, 0.25) is 5.90 Å². The first-order valence-corrected chi connectivity index (χ1v) is 8.63. The molecule has 0 aliphatic carbocycles. The van der Waals surface area contributed by atoms with Crippen LogP contribution in [0.25, 0.3) is 0 Å². The molecule has 3 aromatic carbocycles. The number of hydrogen-bond donors (Lipinski definition) is 0. The number of ether oxygens (including phenoxy) is 1. The smallest absolute Gasteiger partial charge is 0.220 e. The minimum absolute atomic E-state index is 0.243. The fraction of sp³-hybridized carbons (Fsp3) is 0. The van der Waals surface area contributed by atoms with Crippen molar-refractivity contribution >= 4 is 23.3 Å². The number of para-hydroxylation sites is 2. The van der Waals surface area contributed by atoms with Crippen LogP contribution in [0.4, 0.5) is 10.1 Å². The molecule has 124 valence electrons. The highest BCUT2D eigenvalue weighted by Crippen LogP contribution is 2.20. The Balaban J connectivity index is 1.77. The molecule has 3 aromatic rings. The third-order valence-electron chi connectivity index (χ3n) is 3.19. The molecule has 0 heterocycles. The zero-order valence-corrected chi connectivity index (χ0v) is 14.2. The monoisotopic (exact) mass is 349 g/mol. The van der Waals surface area contributed by atoms with Crippen LogP contribution in [-0.4, -0.2) is 5.90 Å². The average molecular weight is 349 g/mol. The lowest BCUT2D eigenvalue weighted by Crippen LogP contribution is -2.04. The molecule has 0 aliphatic heterocycles. The Labute approximate surface area is 150 Å². The number of hydrogen-bond acceptors (Lipinski definition) is 3. The minimum atomic E-state index is -0.243. The molecule has 0 spiro atoms. The van der Waals surface area contributed by atoms with Crippen LogP contribution in [0.5, 0.6) is 5.75 Å². The Morgan fingerprint density at radius 1 is 0.840 bits per heavy atom. The van der Waals surface area contributed by atoms with Gasteiger partial charge in [0.05, 0.1) is 5.69 Å². The lowest BCUT2D eigenvalue weighted by molar-refractivity contribution is 0.556. The Morgan fingerprint density at radius 2 is 1.48 bits per heavy atom. The second-order valence-electron chi connectivity index (χ2n) is 5.08. The third-order valence-corrected chi connectivity index (χ3v) is 4.01. The summed E-state index contributed by atoms with van der Waals surface area (Å²) >= 11 is 1.47. The van der Waals surface area contributed by atoms with E-state index in [0.717, 1.165) is 10.6 Å². The molecule has 0 amide bonds. The molecule has 0 atom stereocenters. The molecule has 0 aromatic heterocycles. The van der Waals surface area contributed by atoms with E-state index in [4.69, 9.17) is 4.74 Å². The van der Waals surface area contributed by atoms with Crippen LogP contribution in [0, 0.1) is 5.82 Å². The van der Waals surface area contributed by atoms with Gasteiger partial charge in [0.1, 0.15) is 11.6 Å². The highest BCUT2D eigenvalue weighted by Gasteiger charge is 2.00. The van der Waals surface area contributed by atoms with E-state index in [2.05, 4.69) is 4.99 Å². The summed E-state index contributed by atoms with van der Waals surface area (Å²) in [6.45, 7) is 0. The fourth-order valence-electron chi connectivity index (χ4n) is 2.02. The average Bonchev–Trinajstić information content (AvgIpc) is 2.65. The Kier molecular flexibility index (Phi) is 6.01. The van der Waals surface area contributed by atoms with Gasteiger partial charge in [-0.05, 0) is 53.9 Å². The normalized spacial score (nSPS) is 11.6. The maximum Gasteiger partial charge on any atom is 0.220 e. The van der Waals surface area contributed by atoms with Crippen LogP contribution >= 0.6 is 11.8 Å². The van der Waals surface area contributed by atoms with E-state index in [1.54, 1.807) is 18.2 Å². The molecule has 0 saturated heterocycles. The molecule has 3 rings (SSSR count). The maximum atomic E-state index is 13.0. The third kappa shape index (κ3) is 5.62. The van der Waals surface area contributed by atoms with Crippen molar-refractivity contribution in [1.29, 1.82) is 0 Å². The van der Waals surface area contributed by atoms with Crippen LogP contribution in [0.2, 0.25) is 0 Å². The number of aliphatic imine (C=N–C) groups is 1. The largest absolute Gasteiger partial charge is 0.439 e. The molecule has 0 radical (unpaired) electrons. The van der Waals surface area contributed by atoms with Gasteiger partial charge in [0.15, 0.2) is 0 Å². The molecule has 2 nitrogen and oxygen atoms in total. The standard InChI is InChI=1S/C21H16FNOS/c22-17-11-13-20(14-12-17)25-16-15-21(23-18-7-3-1-4-8-18)24-19-9-5-2-6-10-19/h1-16H. The fourth-order valence-corrected chi connectivity index (χ4v) is 2.65. The zero-order valence-electron chi connectivity index (χ0n) is 13.4. The molecule has 0 N–H and O–H groups in total. The molecule has 0 fully saturated rings. The molecule has 25 heavy (non-hydrogen) atoms. The SMILES string of the molecule is Fc1ccc(SC=CC(=Nc2ccccc2)Oc2ccccc2)cc1. The van der Waals surface area contributed by atoms with Crippen LogP contribution in [0.1, 0.15) is 0 Å². The molecule has 4 heteroatoms. The number of nitrogens with zero attached hydrogens (tertiary/aromatic N) is 1. The van der Waals surface area contributed by atoms with E-state index in [9.17, 15) is 4.39 Å². The summed E-state index contributed by atoms with van der Waals surface area (Å²) in [5.41, 5.74) is 0.810. The maximum absolute atomic E-state index is 13.0. The lowest BCUT2D eigenvalue weighted by Gasteiger charge is -2.05. The summed E-state index contributed by atoms with van der Waals surface area (Å²) in [5, 5.41) is 1.87. The highest BCUT2D eigenvalue weighted by molar-refractivity contribution is 8.02. The van der Waals surface area contributed by atoms with E-state index in [-0.39, 0.29) is 5.82 Å². The van der Waals surface area contributed by atoms with Gasteiger partial charge in [-0.15, -0.1) is 0 Å². The van der Waals surface area contributed by atoms with Crippen molar-refractivity contribution < 1.29 is 9.13 Å². The molecule has 0 aliphatic rings. The first-order valence-electron chi connectivity index (χ1n) is 7.75. The van der Waals surface area contributed by atoms with E-state index in [1.165, 1.54) is 23.9 Å². The van der Waals surface area contributed by atoms with Crippen molar-refractivity contribution in [1.82, 2.24) is 0 Å². The minimum Gasteiger partial charge on any atom is -0.439 e. The van der Waals surface area contributed by atoms with Crippen molar-refractivity contribution in [2.75, 3.05) is 0 Å². The number of thioether (sulfide) groups is 1. The lowest BCUT2D eigenvalue weighted by atomic mass is 10.3. The van der Waals surface area contributed by atoms with Gasteiger partial charge < -0.3 is 4.74 Å². The summed E-state index contributed by atoms with van der Waals surface area (Å²) in [6, 6.07) is 25.5. The Bertz CT molecular complexity index is 846. The topological polar surface area (TPSA) is 21.6 Å². The van der Waals surface area contributed by atoms with Crippen molar-refractivity contribution in [3.05, 3.63) is 102 Å². The van der Waals surface area contributed by atoms with Gasteiger partial charge in [0, 0.05) is 11.0 Å². The van der Waals surface area contributed by atoms with Crippen molar-refractivity contribution in [3.8, 4) is 5.75 Å². The van der Waals surface area contributed by atoms with Crippen molar-refractivity contribution in [2.45, 2.75) is 4.90 Å². The molecule has 0 saturated carbocycles. The van der Waals surface area contributed by atoms with Crippen LogP contribution in [-0.2, 0) is 0 Å². The predicted octanol–water partition coefficient (Wildman–Crippen LogP) is 6.24. The second-order valence-corrected chi connectivity index (χ2v) is 6.05. The molecule has 0 bridgehead atoms. The zero-order chi connectivity index (χ0) is 17.3. The molecular formula is C21H16FNOS. The van der Waals surface area contributed by atoms with Gasteiger partial charge >= 0.3 is 0 Å². The van der Waals surface area contributed by atoms with Crippen LogP contribution in [0.15, 0.2) is 106 Å². The first kappa shape index (κ1) is 17.0. The van der Waals surface area contributed by atoms with Gasteiger partial charge in [-0.3, -0.25) is 0 Å².